The van der Waals surface area contributed by atoms with E-state index in [1.807, 2.05) is 27.7 Å². The Morgan fingerprint density at radius 3 is 2.19 bits per heavy atom. The molecule has 0 aromatic rings. The SMILES string of the molecule is CCCOCC1OC2OC(C)(C)OC2C2OC(C)(C)OC12. The van der Waals surface area contributed by atoms with E-state index in [0.717, 1.165) is 6.42 Å². The van der Waals surface area contributed by atoms with Crippen molar-refractivity contribution in [3.05, 3.63) is 0 Å². The summed E-state index contributed by atoms with van der Waals surface area (Å²) in [6.45, 7) is 10.8. The molecule has 6 nitrogen and oxygen atoms in total. The molecule has 3 heterocycles. The third-order valence-corrected chi connectivity index (χ3v) is 3.88. The molecule has 3 aliphatic heterocycles. The van der Waals surface area contributed by atoms with Crippen LogP contribution in [0, 0.1) is 0 Å². The van der Waals surface area contributed by atoms with Crippen LogP contribution in [0.15, 0.2) is 0 Å². The predicted molar refractivity (Wildman–Crippen MR) is 73.6 cm³/mol. The van der Waals surface area contributed by atoms with Crippen molar-refractivity contribution in [2.75, 3.05) is 13.2 Å². The van der Waals surface area contributed by atoms with Gasteiger partial charge in [0, 0.05) is 6.61 Å². The lowest BCUT2D eigenvalue weighted by atomic mass is 9.99. The summed E-state index contributed by atoms with van der Waals surface area (Å²) >= 11 is 0. The van der Waals surface area contributed by atoms with E-state index in [1.54, 1.807) is 0 Å². The molecule has 122 valence electrons. The minimum absolute atomic E-state index is 0.198. The fourth-order valence-corrected chi connectivity index (χ4v) is 3.17. The maximum Gasteiger partial charge on any atom is 0.190 e. The van der Waals surface area contributed by atoms with E-state index >= 15 is 0 Å². The van der Waals surface area contributed by atoms with E-state index < -0.39 is 17.9 Å². The van der Waals surface area contributed by atoms with Crippen LogP contribution in [0.25, 0.3) is 0 Å². The Balaban J connectivity index is 1.75. The lowest BCUT2D eigenvalue weighted by molar-refractivity contribution is -0.243. The van der Waals surface area contributed by atoms with Gasteiger partial charge in [-0.1, -0.05) is 6.92 Å². The van der Waals surface area contributed by atoms with Crippen molar-refractivity contribution in [1.82, 2.24) is 0 Å². The van der Waals surface area contributed by atoms with E-state index in [-0.39, 0.29) is 24.4 Å². The highest BCUT2D eigenvalue weighted by Crippen LogP contribution is 2.44. The fourth-order valence-electron chi connectivity index (χ4n) is 3.17. The quantitative estimate of drug-likeness (QED) is 0.738. The van der Waals surface area contributed by atoms with Crippen molar-refractivity contribution in [2.24, 2.45) is 0 Å². The van der Waals surface area contributed by atoms with Gasteiger partial charge in [-0.25, -0.2) is 0 Å². The summed E-state index contributed by atoms with van der Waals surface area (Å²) in [5.41, 5.74) is 0. The Bertz CT molecular complexity index is 382. The van der Waals surface area contributed by atoms with Crippen LogP contribution in [0.3, 0.4) is 0 Å². The van der Waals surface area contributed by atoms with Crippen molar-refractivity contribution >= 4 is 0 Å². The molecule has 21 heavy (non-hydrogen) atoms. The second-order valence-corrected chi connectivity index (χ2v) is 6.78. The van der Waals surface area contributed by atoms with Gasteiger partial charge in [0.05, 0.1) is 6.61 Å². The summed E-state index contributed by atoms with van der Waals surface area (Å²) in [5.74, 6) is -1.32. The van der Waals surface area contributed by atoms with E-state index in [9.17, 15) is 0 Å². The molecule has 3 rings (SSSR count). The Hall–Kier alpha value is -0.240. The van der Waals surface area contributed by atoms with Crippen LogP contribution < -0.4 is 0 Å². The smallest absolute Gasteiger partial charge is 0.190 e. The monoisotopic (exact) mass is 302 g/mol. The molecular formula is C15H26O6. The highest BCUT2D eigenvalue weighted by molar-refractivity contribution is 4.99. The van der Waals surface area contributed by atoms with Crippen LogP contribution >= 0.6 is 0 Å². The van der Waals surface area contributed by atoms with Crippen LogP contribution in [0.4, 0.5) is 0 Å². The Morgan fingerprint density at radius 1 is 0.857 bits per heavy atom. The summed E-state index contributed by atoms with van der Waals surface area (Å²) in [7, 11) is 0. The summed E-state index contributed by atoms with van der Waals surface area (Å²) in [6, 6.07) is 0. The summed E-state index contributed by atoms with van der Waals surface area (Å²) in [4.78, 5) is 0. The number of rotatable bonds is 4. The zero-order valence-corrected chi connectivity index (χ0v) is 13.5. The summed E-state index contributed by atoms with van der Waals surface area (Å²) < 4.78 is 35.5. The summed E-state index contributed by atoms with van der Waals surface area (Å²) in [6.07, 6.45) is -0.334. The van der Waals surface area contributed by atoms with Gasteiger partial charge in [-0.05, 0) is 34.1 Å². The third kappa shape index (κ3) is 3.11. The van der Waals surface area contributed by atoms with E-state index in [1.165, 1.54) is 0 Å². The van der Waals surface area contributed by atoms with Gasteiger partial charge in [-0.3, -0.25) is 0 Å². The number of ether oxygens (including phenoxy) is 6. The molecule has 0 N–H and O–H groups in total. The van der Waals surface area contributed by atoms with E-state index in [2.05, 4.69) is 6.92 Å². The lowest BCUT2D eigenvalue weighted by Crippen LogP contribution is -2.56. The Morgan fingerprint density at radius 2 is 1.48 bits per heavy atom. The van der Waals surface area contributed by atoms with Gasteiger partial charge in [0.1, 0.15) is 24.4 Å². The first-order valence-electron chi connectivity index (χ1n) is 7.76. The molecule has 5 unspecified atom stereocenters. The zero-order valence-electron chi connectivity index (χ0n) is 13.5. The first-order valence-corrected chi connectivity index (χ1v) is 7.76. The van der Waals surface area contributed by atoms with Gasteiger partial charge in [-0.15, -0.1) is 0 Å². The van der Waals surface area contributed by atoms with Crippen molar-refractivity contribution in [1.29, 1.82) is 0 Å². The van der Waals surface area contributed by atoms with Crippen LogP contribution in [0.1, 0.15) is 41.0 Å². The zero-order chi connectivity index (χ0) is 15.3. The van der Waals surface area contributed by atoms with Crippen LogP contribution in [0.2, 0.25) is 0 Å². The third-order valence-electron chi connectivity index (χ3n) is 3.88. The van der Waals surface area contributed by atoms with Gasteiger partial charge in [0.2, 0.25) is 0 Å². The fraction of sp³-hybridized carbons (Fsp3) is 1.00. The molecule has 0 aromatic heterocycles. The molecule has 0 amide bonds. The second-order valence-electron chi connectivity index (χ2n) is 6.78. The highest BCUT2D eigenvalue weighted by atomic mass is 16.9. The molecular weight excluding hydrogens is 276 g/mol. The van der Waals surface area contributed by atoms with Gasteiger partial charge in [0.15, 0.2) is 17.9 Å². The molecule has 0 saturated carbocycles. The molecule has 0 spiro atoms. The normalized spacial score (nSPS) is 43.6. The van der Waals surface area contributed by atoms with Crippen molar-refractivity contribution < 1.29 is 28.4 Å². The Kier molecular flexibility index (Phi) is 4.05. The van der Waals surface area contributed by atoms with Crippen LogP contribution in [-0.2, 0) is 28.4 Å². The number of hydrogen-bond acceptors (Lipinski definition) is 6. The van der Waals surface area contributed by atoms with Gasteiger partial charge in [-0.2, -0.15) is 0 Å². The molecule has 0 radical (unpaired) electrons. The minimum atomic E-state index is -0.671. The van der Waals surface area contributed by atoms with Crippen molar-refractivity contribution in [3.8, 4) is 0 Å². The number of hydrogen-bond donors (Lipinski definition) is 0. The van der Waals surface area contributed by atoms with Crippen molar-refractivity contribution in [2.45, 2.75) is 83.3 Å². The molecule has 6 heteroatoms. The van der Waals surface area contributed by atoms with Gasteiger partial charge >= 0.3 is 0 Å². The largest absolute Gasteiger partial charge is 0.379 e. The molecule has 3 aliphatic rings. The second kappa shape index (κ2) is 5.44. The molecule has 3 fully saturated rings. The maximum atomic E-state index is 6.03. The van der Waals surface area contributed by atoms with Crippen molar-refractivity contribution in [3.63, 3.8) is 0 Å². The van der Waals surface area contributed by atoms with Crippen LogP contribution in [-0.4, -0.2) is 55.5 Å². The first kappa shape index (κ1) is 15.6. The van der Waals surface area contributed by atoms with Gasteiger partial charge in [0.25, 0.3) is 0 Å². The molecule has 0 aromatic carbocycles. The van der Waals surface area contributed by atoms with Gasteiger partial charge < -0.3 is 28.4 Å². The van der Waals surface area contributed by atoms with E-state index in [4.69, 9.17) is 28.4 Å². The molecule has 0 bridgehead atoms. The Labute approximate surface area is 126 Å². The maximum absolute atomic E-state index is 6.03. The van der Waals surface area contributed by atoms with Crippen LogP contribution in [0.5, 0.6) is 0 Å². The highest BCUT2D eigenvalue weighted by Gasteiger charge is 2.60. The average molecular weight is 302 g/mol. The van der Waals surface area contributed by atoms with E-state index in [0.29, 0.717) is 13.2 Å². The number of fused-ring (bicyclic) bond motifs is 3. The lowest BCUT2D eigenvalue weighted by Gasteiger charge is -2.37. The summed E-state index contributed by atoms with van der Waals surface area (Å²) in [5, 5.41) is 0. The first-order chi connectivity index (χ1) is 9.81. The average Bonchev–Trinajstić information content (AvgIpc) is 2.84. The molecule has 0 aliphatic carbocycles. The standard InChI is InChI=1S/C15H26O6/c1-6-7-16-8-9-10-11(19-14(2,3)18-10)12-13(17-9)21-15(4,5)20-12/h9-13H,6-8H2,1-5H3. The molecule has 3 saturated heterocycles. The molecule has 5 atom stereocenters. The predicted octanol–water partition coefficient (Wildman–Crippen LogP) is 1.81. The minimum Gasteiger partial charge on any atom is -0.379 e. The topological polar surface area (TPSA) is 55.4 Å².